The number of benzene rings is 1. The highest BCUT2D eigenvalue weighted by molar-refractivity contribution is 5.78. The molecule has 0 spiro atoms. The summed E-state index contributed by atoms with van der Waals surface area (Å²) < 4.78 is 0. The number of aromatic hydroxyl groups is 2. The Morgan fingerprint density at radius 3 is 2.62 bits per heavy atom. The van der Waals surface area contributed by atoms with E-state index in [1.807, 2.05) is 13.8 Å². The minimum atomic E-state index is -0.152. The van der Waals surface area contributed by atoms with Crippen molar-refractivity contribution in [3.63, 3.8) is 0 Å². The maximum Gasteiger partial charge on any atom is 0.223 e. The minimum absolute atomic E-state index is 0.00457. The third-order valence-electron chi connectivity index (χ3n) is 2.38. The van der Waals surface area contributed by atoms with Gasteiger partial charge in [-0.15, -0.1) is 0 Å². The molecule has 0 radical (unpaired) electrons. The number of phenolic OH excluding ortho intramolecular Hbond substituents is 2. The van der Waals surface area contributed by atoms with Gasteiger partial charge < -0.3 is 15.5 Å². The summed E-state index contributed by atoms with van der Waals surface area (Å²) >= 11 is 0. The molecule has 16 heavy (non-hydrogen) atoms. The molecule has 0 aliphatic heterocycles. The maximum atomic E-state index is 11.5. The number of phenols is 2. The van der Waals surface area contributed by atoms with Gasteiger partial charge in [0.05, 0.1) is 0 Å². The van der Waals surface area contributed by atoms with E-state index in [4.69, 9.17) is 5.11 Å². The lowest BCUT2D eigenvalue weighted by Gasteiger charge is -2.11. The molecule has 0 aromatic heterocycles. The lowest BCUT2D eigenvalue weighted by Crippen LogP contribution is -2.29. The van der Waals surface area contributed by atoms with Crippen molar-refractivity contribution in [1.29, 1.82) is 0 Å². The van der Waals surface area contributed by atoms with Gasteiger partial charge in [0, 0.05) is 12.5 Å². The van der Waals surface area contributed by atoms with Crippen LogP contribution in [-0.4, -0.2) is 22.7 Å². The van der Waals surface area contributed by atoms with Crippen LogP contribution < -0.4 is 5.32 Å². The van der Waals surface area contributed by atoms with E-state index in [0.717, 1.165) is 5.56 Å². The van der Waals surface area contributed by atoms with Crippen molar-refractivity contribution in [1.82, 2.24) is 5.32 Å². The first kappa shape index (κ1) is 12.4. The molecule has 4 nitrogen and oxygen atoms in total. The van der Waals surface area contributed by atoms with Crippen LogP contribution in [0.1, 0.15) is 19.4 Å². The van der Waals surface area contributed by atoms with Gasteiger partial charge in [-0.2, -0.15) is 0 Å². The quantitative estimate of drug-likeness (QED) is 0.676. The molecule has 0 aliphatic carbocycles. The summed E-state index contributed by atoms with van der Waals surface area (Å²) in [6.07, 6.45) is 0.541. The Labute approximate surface area is 94.9 Å². The average Bonchev–Trinajstić information content (AvgIpc) is 2.24. The molecule has 0 fully saturated rings. The van der Waals surface area contributed by atoms with E-state index in [0.29, 0.717) is 13.0 Å². The zero-order chi connectivity index (χ0) is 12.1. The maximum absolute atomic E-state index is 11.5. The molecule has 0 saturated heterocycles. The SMILES string of the molecule is CCNC(=O)C(C)Cc1ccc(O)c(O)c1. The summed E-state index contributed by atoms with van der Waals surface area (Å²) in [4.78, 5) is 11.5. The van der Waals surface area contributed by atoms with Crippen LogP contribution in [0.3, 0.4) is 0 Å². The normalized spacial score (nSPS) is 12.1. The Morgan fingerprint density at radius 2 is 2.06 bits per heavy atom. The van der Waals surface area contributed by atoms with E-state index in [1.165, 1.54) is 12.1 Å². The number of nitrogens with one attached hydrogen (secondary N) is 1. The van der Waals surface area contributed by atoms with Crippen molar-refractivity contribution in [3.8, 4) is 11.5 Å². The summed E-state index contributed by atoms with van der Waals surface area (Å²) in [6, 6.07) is 4.60. The fourth-order valence-electron chi connectivity index (χ4n) is 1.49. The van der Waals surface area contributed by atoms with Crippen molar-refractivity contribution in [2.45, 2.75) is 20.3 Å². The van der Waals surface area contributed by atoms with Gasteiger partial charge in [0.25, 0.3) is 0 Å². The highest BCUT2D eigenvalue weighted by Gasteiger charge is 2.13. The molecule has 3 N–H and O–H groups in total. The van der Waals surface area contributed by atoms with Gasteiger partial charge in [-0.1, -0.05) is 13.0 Å². The molecule has 1 rings (SSSR count). The van der Waals surface area contributed by atoms with Crippen molar-refractivity contribution < 1.29 is 15.0 Å². The number of hydrogen-bond acceptors (Lipinski definition) is 3. The van der Waals surface area contributed by atoms with E-state index in [2.05, 4.69) is 5.32 Å². The highest BCUT2D eigenvalue weighted by Crippen LogP contribution is 2.25. The highest BCUT2D eigenvalue weighted by atomic mass is 16.3. The average molecular weight is 223 g/mol. The molecule has 0 saturated carbocycles. The Kier molecular flexibility index (Phi) is 4.17. The summed E-state index contributed by atoms with van der Waals surface area (Å²) in [5, 5.41) is 21.2. The molecule has 1 amide bonds. The number of carbonyl (C=O) groups excluding carboxylic acids is 1. The third kappa shape index (κ3) is 3.15. The predicted octanol–water partition coefficient (Wildman–Crippen LogP) is 1.41. The monoisotopic (exact) mass is 223 g/mol. The first-order valence-corrected chi connectivity index (χ1v) is 5.33. The summed E-state index contributed by atoms with van der Waals surface area (Å²) in [5.41, 5.74) is 0.828. The third-order valence-corrected chi connectivity index (χ3v) is 2.38. The fraction of sp³-hybridized carbons (Fsp3) is 0.417. The second-order valence-corrected chi connectivity index (χ2v) is 3.82. The Hall–Kier alpha value is -1.71. The molecule has 4 heteroatoms. The molecule has 1 atom stereocenters. The number of amides is 1. The van der Waals surface area contributed by atoms with Crippen molar-refractivity contribution in [2.75, 3.05) is 6.54 Å². The van der Waals surface area contributed by atoms with E-state index in [1.54, 1.807) is 6.07 Å². The molecule has 1 aromatic rings. The van der Waals surface area contributed by atoms with Crippen molar-refractivity contribution in [3.05, 3.63) is 23.8 Å². The molecule has 1 unspecified atom stereocenters. The first-order chi connectivity index (χ1) is 7.54. The zero-order valence-corrected chi connectivity index (χ0v) is 9.53. The van der Waals surface area contributed by atoms with Gasteiger partial charge in [0.2, 0.25) is 5.91 Å². The van der Waals surface area contributed by atoms with Crippen LogP contribution in [0.25, 0.3) is 0 Å². The summed E-state index contributed by atoms with van der Waals surface area (Å²) in [7, 11) is 0. The topological polar surface area (TPSA) is 69.6 Å². The molecule has 0 bridgehead atoms. The number of rotatable bonds is 4. The van der Waals surface area contributed by atoms with Gasteiger partial charge in [-0.25, -0.2) is 0 Å². The molecule has 1 aromatic carbocycles. The van der Waals surface area contributed by atoms with Gasteiger partial charge in [-0.05, 0) is 31.0 Å². The van der Waals surface area contributed by atoms with Gasteiger partial charge >= 0.3 is 0 Å². The largest absolute Gasteiger partial charge is 0.504 e. The van der Waals surface area contributed by atoms with Gasteiger partial charge in [0.1, 0.15) is 0 Å². The van der Waals surface area contributed by atoms with E-state index in [9.17, 15) is 9.90 Å². The van der Waals surface area contributed by atoms with Crippen LogP contribution in [0.2, 0.25) is 0 Å². The van der Waals surface area contributed by atoms with Gasteiger partial charge in [0.15, 0.2) is 11.5 Å². The minimum Gasteiger partial charge on any atom is -0.504 e. The van der Waals surface area contributed by atoms with Gasteiger partial charge in [-0.3, -0.25) is 4.79 Å². The van der Waals surface area contributed by atoms with Crippen LogP contribution >= 0.6 is 0 Å². The lowest BCUT2D eigenvalue weighted by molar-refractivity contribution is -0.124. The molecule has 88 valence electrons. The molecular weight excluding hydrogens is 206 g/mol. The predicted molar refractivity (Wildman–Crippen MR) is 61.3 cm³/mol. The molecule has 0 aliphatic rings. The molecular formula is C12H17NO3. The first-order valence-electron chi connectivity index (χ1n) is 5.33. The van der Waals surface area contributed by atoms with Crippen LogP contribution in [0.15, 0.2) is 18.2 Å². The van der Waals surface area contributed by atoms with Crippen LogP contribution in [-0.2, 0) is 11.2 Å². The Bertz CT molecular complexity index is 377. The zero-order valence-electron chi connectivity index (χ0n) is 9.53. The van der Waals surface area contributed by atoms with E-state index < -0.39 is 0 Å². The smallest absolute Gasteiger partial charge is 0.223 e. The number of hydrogen-bond donors (Lipinski definition) is 3. The van der Waals surface area contributed by atoms with E-state index in [-0.39, 0.29) is 23.3 Å². The molecule has 0 heterocycles. The Balaban J connectivity index is 2.66. The van der Waals surface area contributed by atoms with Crippen LogP contribution in [0, 0.1) is 5.92 Å². The number of carbonyl (C=O) groups is 1. The van der Waals surface area contributed by atoms with Crippen molar-refractivity contribution >= 4 is 5.91 Å². The standard InChI is InChI=1S/C12H17NO3/c1-3-13-12(16)8(2)6-9-4-5-10(14)11(15)7-9/h4-5,7-8,14-15H,3,6H2,1-2H3,(H,13,16). The van der Waals surface area contributed by atoms with Crippen LogP contribution in [0.5, 0.6) is 11.5 Å². The Morgan fingerprint density at radius 1 is 1.38 bits per heavy atom. The fourth-order valence-corrected chi connectivity index (χ4v) is 1.49. The van der Waals surface area contributed by atoms with Crippen LogP contribution in [0.4, 0.5) is 0 Å². The van der Waals surface area contributed by atoms with Crippen molar-refractivity contribution in [2.24, 2.45) is 5.92 Å². The second-order valence-electron chi connectivity index (χ2n) is 3.82. The second kappa shape index (κ2) is 5.39. The summed E-state index contributed by atoms with van der Waals surface area (Å²) in [6.45, 7) is 4.32. The van der Waals surface area contributed by atoms with E-state index >= 15 is 0 Å². The lowest BCUT2D eigenvalue weighted by atomic mass is 10.00. The summed E-state index contributed by atoms with van der Waals surface area (Å²) in [5.74, 6) is -0.450.